The Labute approximate surface area is 119 Å². The smallest absolute Gasteiger partial charge is 0.181 e. The second-order valence-corrected chi connectivity index (χ2v) is 6.90. The number of fused-ring (bicyclic) bond motifs is 3. The van der Waals surface area contributed by atoms with Crippen LogP contribution >= 0.6 is 10.7 Å². The van der Waals surface area contributed by atoms with Crippen molar-refractivity contribution in [2.45, 2.75) is 17.7 Å². The minimum atomic E-state index is -1.61. The number of hydrogen-bond donors (Lipinski definition) is 0. The van der Waals surface area contributed by atoms with E-state index < -0.39 is 10.4 Å². The van der Waals surface area contributed by atoms with Crippen LogP contribution in [0.3, 0.4) is 0 Å². The van der Waals surface area contributed by atoms with Crippen LogP contribution in [0.15, 0.2) is 28.7 Å². The van der Waals surface area contributed by atoms with E-state index in [9.17, 15) is 8.94 Å². The molecule has 0 aliphatic carbocycles. The Morgan fingerprint density at radius 2 is 2.11 bits per heavy atom. The van der Waals surface area contributed by atoms with Crippen molar-refractivity contribution < 1.29 is 8.94 Å². The van der Waals surface area contributed by atoms with Crippen molar-refractivity contribution in [2.75, 3.05) is 19.6 Å². The fourth-order valence-electron chi connectivity index (χ4n) is 2.99. The van der Waals surface area contributed by atoms with Gasteiger partial charge in [0.05, 0.1) is 0 Å². The predicted molar refractivity (Wildman–Crippen MR) is 75.8 cm³/mol. The third kappa shape index (κ3) is 2.82. The normalized spacial score (nSPS) is 29.7. The van der Waals surface area contributed by atoms with Gasteiger partial charge in [0.25, 0.3) is 0 Å². The summed E-state index contributed by atoms with van der Waals surface area (Å²) >= 11 is 0. The van der Waals surface area contributed by atoms with Crippen molar-refractivity contribution in [2.24, 2.45) is 5.92 Å². The highest BCUT2D eigenvalue weighted by Gasteiger charge is 2.29. The molecule has 0 saturated carbocycles. The first-order valence-electron chi connectivity index (χ1n) is 6.44. The zero-order chi connectivity index (χ0) is 13.4. The van der Waals surface area contributed by atoms with Gasteiger partial charge in [0, 0.05) is 12.1 Å². The van der Waals surface area contributed by atoms with Gasteiger partial charge in [-0.25, -0.2) is 4.39 Å². The lowest BCUT2D eigenvalue weighted by atomic mass is 9.83. The first kappa shape index (κ1) is 13.4. The van der Waals surface area contributed by atoms with Crippen LogP contribution in [-0.4, -0.2) is 29.1 Å². The molecule has 2 nitrogen and oxygen atoms in total. The van der Waals surface area contributed by atoms with Crippen molar-refractivity contribution in [3.05, 3.63) is 35.2 Å². The lowest BCUT2D eigenvalue weighted by Gasteiger charge is -2.41. The Morgan fingerprint density at radius 3 is 2.68 bits per heavy atom. The van der Waals surface area contributed by atoms with E-state index in [1.165, 1.54) is 36.6 Å². The molecule has 0 N–H and O–H groups in total. The summed E-state index contributed by atoms with van der Waals surface area (Å²) in [6.07, 6.45) is 4.32. The van der Waals surface area contributed by atoms with Gasteiger partial charge in [-0.1, -0.05) is 5.57 Å². The topological polar surface area (TPSA) is 26.3 Å². The maximum Gasteiger partial charge on any atom is 0.181 e. The van der Waals surface area contributed by atoms with Gasteiger partial charge in [0.15, 0.2) is 15.6 Å². The summed E-state index contributed by atoms with van der Waals surface area (Å²) in [5.74, 6) is 0.267. The second kappa shape index (κ2) is 5.44. The van der Waals surface area contributed by atoms with Crippen molar-refractivity contribution in [1.82, 2.24) is 4.90 Å². The molecule has 0 aromatic heterocycles. The van der Waals surface area contributed by atoms with Crippen LogP contribution in [0.5, 0.6) is 0 Å². The maximum atomic E-state index is 13.4. The molecule has 3 saturated heterocycles. The van der Waals surface area contributed by atoms with Crippen LogP contribution in [-0.2, 0) is 10.4 Å². The molecule has 3 heterocycles. The summed E-state index contributed by atoms with van der Waals surface area (Å²) in [4.78, 5) is 2.90. The SMILES string of the molecule is [O-][S+](Cl)c1ccc(F)cc1C=C1CN2CCC1CC2. The summed E-state index contributed by atoms with van der Waals surface area (Å²) in [5.41, 5.74) is 1.96. The van der Waals surface area contributed by atoms with Gasteiger partial charge in [0.1, 0.15) is 16.2 Å². The quantitative estimate of drug-likeness (QED) is 0.784. The number of rotatable bonds is 2. The van der Waals surface area contributed by atoms with Crippen LogP contribution in [0.4, 0.5) is 4.39 Å². The van der Waals surface area contributed by atoms with E-state index in [0.717, 1.165) is 19.6 Å². The molecule has 19 heavy (non-hydrogen) atoms. The molecule has 4 rings (SSSR count). The molecule has 2 bridgehead atoms. The number of benzene rings is 1. The van der Waals surface area contributed by atoms with E-state index >= 15 is 0 Å². The average Bonchev–Trinajstić information content (AvgIpc) is 2.40. The minimum absolute atomic E-state index is 0.320. The van der Waals surface area contributed by atoms with Gasteiger partial charge in [-0.3, -0.25) is 4.90 Å². The molecule has 0 amide bonds. The van der Waals surface area contributed by atoms with Crippen molar-refractivity contribution in [3.63, 3.8) is 0 Å². The molecule has 1 unspecified atom stereocenters. The molecule has 0 radical (unpaired) electrons. The highest BCUT2D eigenvalue weighted by molar-refractivity contribution is 8.13. The predicted octanol–water partition coefficient (Wildman–Crippen LogP) is 3.20. The van der Waals surface area contributed by atoms with Gasteiger partial charge >= 0.3 is 0 Å². The molecular weight excluding hydrogens is 285 g/mol. The Kier molecular flexibility index (Phi) is 3.85. The second-order valence-electron chi connectivity index (χ2n) is 5.18. The van der Waals surface area contributed by atoms with E-state index in [2.05, 4.69) is 4.90 Å². The third-order valence-corrected chi connectivity index (χ3v) is 5.22. The molecule has 3 aliphatic rings. The van der Waals surface area contributed by atoms with Crippen LogP contribution < -0.4 is 0 Å². The molecule has 1 aromatic rings. The van der Waals surface area contributed by atoms with E-state index in [1.807, 2.05) is 6.08 Å². The summed E-state index contributed by atoms with van der Waals surface area (Å²) in [6.45, 7) is 3.24. The van der Waals surface area contributed by atoms with Gasteiger partial charge < -0.3 is 4.55 Å². The van der Waals surface area contributed by atoms with E-state index in [4.69, 9.17) is 10.7 Å². The van der Waals surface area contributed by atoms with E-state index in [0.29, 0.717) is 16.4 Å². The molecule has 0 spiro atoms. The Bertz CT molecular complexity index is 512. The lowest BCUT2D eigenvalue weighted by molar-refractivity contribution is 0.163. The zero-order valence-electron chi connectivity index (χ0n) is 10.4. The molecule has 3 aliphatic heterocycles. The van der Waals surface area contributed by atoms with Gasteiger partial charge in [-0.15, -0.1) is 0 Å². The summed E-state index contributed by atoms with van der Waals surface area (Å²) in [6, 6.07) is 4.22. The summed E-state index contributed by atoms with van der Waals surface area (Å²) in [5, 5.41) is 0. The van der Waals surface area contributed by atoms with Gasteiger partial charge in [-0.05, 0) is 56.1 Å². The maximum absolute atomic E-state index is 13.4. The monoisotopic (exact) mass is 299 g/mol. The van der Waals surface area contributed by atoms with Crippen LogP contribution in [0, 0.1) is 11.7 Å². The standard InChI is InChI=1S/C14H15ClFNOS/c15-19(18)14-2-1-13(16)8-11(14)7-12-9-17-5-3-10(12)4-6-17/h1-2,7-8,10H,3-6,9H2. The molecule has 1 aromatic carbocycles. The minimum Gasteiger partial charge on any atom is -0.594 e. The Balaban J connectivity index is 1.96. The zero-order valence-corrected chi connectivity index (χ0v) is 12.0. The first-order valence-corrected chi connectivity index (χ1v) is 8.41. The summed E-state index contributed by atoms with van der Waals surface area (Å²) in [7, 11) is 4.06. The van der Waals surface area contributed by atoms with Crippen molar-refractivity contribution in [1.29, 1.82) is 0 Å². The fourth-order valence-corrected chi connectivity index (χ4v) is 3.89. The number of halogens is 2. The van der Waals surface area contributed by atoms with Gasteiger partial charge in [-0.2, -0.15) is 0 Å². The van der Waals surface area contributed by atoms with Crippen molar-refractivity contribution in [3.8, 4) is 0 Å². The molecular formula is C14H15ClFNOS. The first-order chi connectivity index (χ1) is 9.13. The number of piperidine rings is 3. The van der Waals surface area contributed by atoms with Crippen LogP contribution in [0.25, 0.3) is 6.08 Å². The third-order valence-electron chi connectivity index (χ3n) is 4.00. The largest absolute Gasteiger partial charge is 0.594 e. The van der Waals surface area contributed by atoms with E-state index in [-0.39, 0.29) is 5.82 Å². The van der Waals surface area contributed by atoms with Crippen molar-refractivity contribution >= 4 is 27.1 Å². The number of hydrogen-bond acceptors (Lipinski definition) is 2. The Hall–Kier alpha value is -0.550. The molecule has 5 heteroatoms. The molecule has 3 fully saturated rings. The number of nitrogens with zero attached hydrogens (tertiary/aromatic N) is 1. The van der Waals surface area contributed by atoms with Crippen LogP contribution in [0.1, 0.15) is 18.4 Å². The average molecular weight is 300 g/mol. The van der Waals surface area contributed by atoms with E-state index in [1.54, 1.807) is 0 Å². The van der Waals surface area contributed by atoms with Gasteiger partial charge in [0.2, 0.25) is 0 Å². The highest BCUT2D eigenvalue weighted by Crippen LogP contribution is 2.34. The molecule has 1 atom stereocenters. The summed E-state index contributed by atoms with van der Waals surface area (Å²) < 4.78 is 24.9. The molecule has 102 valence electrons. The van der Waals surface area contributed by atoms with Crippen LogP contribution in [0.2, 0.25) is 0 Å². The fraction of sp³-hybridized carbons (Fsp3) is 0.429. The Morgan fingerprint density at radius 1 is 1.37 bits per heavy atom. The lowest BCUT2D eigenvalue weighted by Crippen LogP contribution is -2.42. The highest BCUT2D eigenvalue weighted by atomic mass is 35.7.